The van der Waals surface area contributed by atoms with E-state index in [2.05, 4.69) is 0 Å². The second-order valence-corrected chi connectivity index (χ2v) is 10.1. The zero-order valence-corrected chi connectivity index (χ0v) is 15.6. The van der Waals surface area contributed by atoms with E-state index in [0.29, 0.717) is 19.5 Å². The molecule has 1 saturated heterocycles. The van der Waals surface area contributed by atoms with Crippen LogP contribution in [0.15, 0.2) is 34.1 Å². The van der Waals surface area contributed by atoms with E-state index in [0.717, 1.165) is 6.26 Å². The predicted molar refractivity (Wildman–Crippen MR) is 89.7 cm³/mol. The van der Waals surface area contributed by atoms with Crippen molar-refractivity contribution < 1.29 is 21.6 Å². The lowest BCUT2D eigenvalue weighted by Gasteiger charge is -2.21. The molecule has 7 nitrogen and oxygen atoms in total. The number of amides is 1. The van der Waals surface area contributed by atoms with Crippen molar-refractivity contribution in [3.05, 3.63) is 24.3 Å². The van der Waals surface area contributed by atoms with Gasteiger partial charge in [0.05, 0.1) is 9.79 Å². The van der Waals surface area contributed by atoms with E-state index in [1.165, 1.54) is 35.6 Å². The minimum atomic E-state index is -3.72. The summed E-state index contributed by atoms with van der Waals surface area (Å²) in [5.74, 6) is 0.0123. The Labute approximate surface area is 143 Å². The van der Waals surface area contributed by atoms with Crippen molar-refractivity contribution in [2.45, 2.75) is 23.1 Å². The minimum Gasteiger partial charge on any atom is -0.343 e. The quantitative estimate of drug-likeness (QED) is 0.726. The standard InChI is InChI=1S/C15H22N2O5S2/c1-4-17-11-12(9-15(17)18)10-16(2)24(21,22)14-7-5-13(6-8-14)23(3,19)20/h5-8,12H,4,9-11H2,1-3H3. The first-order valence-corrected chi connectivity index (χ1v) is 10.9. The van der Waals surface area contributed by atoms with Crippen LogP contribution in [0.3, 0.4) is 0 Å². The SMILES string of the molecule is CCN1CC(CN(C)S(=O)(=O)c2ccc(S(C)(=O)=O)cc2)CC1=O. The lowest BCUT2D eigenvalue weighted by atomic mass is 10.1. The smallest absolute Gasteiger partial charge is 0.242 e. The molecule has 1 atom stereocenters. The summed E-state index contributed by atoms with van der Waals surface area (Å²) in [4.78, 5) is 13.6. The zero-order chi connectivity index (χ0) is 18.1. The average Bonchev–Trinajstić information content (AvgIpc) is 2.86. The zero-order valence-electron chi connectivity index (χ0n) is 14.0. The van der Waals surface area contributed by atoms with Crippen LogP contribution in [0.1, 0.15) is 13.3 Å². The van der Waals surface area contributed by atoms with E-state index >= 15 is 0 Å². The minimum absolute atomic E-state index is 0.0347. The topological polar surface area (TPSA) is 91.8 Å². The number of hydrogen-bond acceptors (Lipinski definition) is 5. The normalized spacial score (nSPS) is 19.2. The maximum absolute atomic E-state index is 12.6. The van der Waals surface area contributed by atoms with Gasteiger partial charge in [0, 0.05) is 39.4 Å². The first-order chi connectivity index (χ1) is 11.1. The number of sulfonamides is 1. The van der Waals surface area contributed by atoms with Crippen LogP contribution in [-0.2, 0) is 24.7 Å². The van der Waals surface area contributed by atoms with Crippen LogP contribution in [-0.4, -0.2) is 64.9 Å². The molecular weight excluding hydrogens is 352 g/mol. The van der Waals surface area contributed by atoms with Crippen LogP contribution in [0.2, 0.25) is 0 Å². The van der Waals surface area contributed by atoms with Crippen LogP contribution in [0.25, 0.3) is 0 Å². The van der Waals surface area contributed by atoms with E-state index in [1.54, 1.807) is 4.90 Å². The molecule has 1 aliphatic rings. The van der Waals surface area contributed by atoms with Crippen LogP contribution < -0.4 is 0 Å². The summed E-state index contributed by atoms with van der Waals surface area (Å²) in [6, 6.07) is 5.16. The van der Waals surface area contributed by atoms with Gasteiger partial charge in [0.2, 0.25) is 15.9 Å². The summed E-state index contributed by atoms with van der Waals surface area (Å²) >= 11 is 0. The molecule has 2 rings (SSSR count). The highest BCUT2D eigenvalue weighted by molar-refractivity contribution is 7.90. The highest BCUT2D eigenvalue weighted by Crippen LogP contribution is 2.22. The molecule has 1 unspecified atom stereocenters. The summed E-state index contributed by atoms with van der Waals surface area (Å²) in [7, 11) is -5.62. The Morgan fingerprint density at radius 1 is 1.12 bits per heavy atom. The molecule has 1 amide bonds. The summed E-state index contributed by atoms with van der Waals surface area (Å²) in [5.41, 5.74) is 0. The van der Waals surface area contributed by atoms with E-state index in [4.69, 9.17) is 0 Å². The molecule has 1 aromatic rings. The molecule has 134 valence electrons. The van der Waals surface area contributed by atoms with Gasteiger partial charge in [0.1, 0.15) is 0 Å². The molecule has 0 N–H and O–H groups in total. The fourth-order valence-corrected chi connectivity index (χ4v) is 4.66. The molecule has 1 fully saturated rings. The van der Waals surface area contributed by atoms with Crippen molar-refractivity contribution in [2.24, 2.45) is 5.92 Å². The highest BCUT2D eigenvalue weighted by Gasteiger charge is 2.32. The Hall–Kier alpha value is -1.45. The molecule has 1 aromatic carbocycles. The maximum atomic E-state index is 12.6. The fraction of sp³-hybridized carbons (Fsp3) is 0.533. The number of hydrogen-bond donors (Lipinski definition) is 0. The van der Waals surface area contributed by atoms with Crippen LogP contribution in [0.4, 0.5) is 0 Å². The average molecular weight is 374 g/mol. The van der Waals surface area contributed by atoms with Gasteiger partial charge >= 0.3 is 0 Å². The molecule has 0 spiro atoms. The summed E-state index contributed by atoms with van der Waals surface area (Å²) in [5, 5.41) is 0. The molecule has 0 aliphatic carbocycles. The molecular formula is C15H22N2O5S2. The van der Waals surface area contributed by atoms with Gasteiger partial charge in [-0.15, -0.1) is 0 Å². The van der Waals surface area contributed by atoms with E-state index < -0.39 is 19.9 Å². The van der Waals surface area contributed by atoms with Gasteiger partial charge in [-0.1, -0.05) is 0 Å². The summed E-state index contributed by atoms with van der Waals surface area (Å²) in [6.45, 7) is 3.32. The molecule has 1 heterocycles. The number of sulfone groups is 1. The molecule has 0 radical (unpaired) electrons. The number of carbonyl (C=O) groups excluding carboxylic acids is 1. The number of benzene rings is 1. The monoisotopic (exact) mass is 374 g/mol. The predicted octanol–water partition coefficient (Wildman–Crippen LogP) is 0.579. The van der Waals surface area contributed by atoms with Gasteiger partial charge in [-0.25, -0.2) is 21.1 Å². The number of carbonyl (C=O) groups is 1. The Morgan fingerprint density at radius 2 is 1.67 bits per heavy atom. The van der Waals surface area contributed by atoms with Gasteiger partial charge in [0.25, 0.3) is 0 Å². The summed E-state index contributed by atoms with van der Waals surface area (Å²) in [6.07, 6.45) is 1.42. The summed E-state index contributed by atoms with van der Waals surface area (Å²) < 4.78 is 49.3. The maximum Gasteiger partial charge on any atom is 0.242 e. The van der Waals surface area contributed by atoms with Crippen molar-refractivity contribution in [3.63, 3.8) is 0 Å². The van der Waals surface area contributed by atoms with E-state index in [1.807, 2.05) is 6.92 Å². The Bertz CT molecular complexity index is 816. The third-order valence-corrected chi connectivity index (χ3v) is 7.12. The van der Waals surface area contributed by atoms with Gasteiger partial charge < -0.3 is 4.90 Å². The molecule has 0 aromatic heterocycles. The van der Waals surface area contributed by atoms with Crippen LogP contribution in [0.5, 0.6) is 0 Å². The van der Waals surface area contributed by atoms with Crippen molar-refractivity contribution in [1.29, 1.82) is 0 Å². The first-order valence-electron chi connectivity index (χ1n) is 7.60. The van der Waals surface area contributed by atoms with Crippen molar-refractivity contribution in [3.8, 4) is 0 Å². The Morgan fingerprint density at radius 3 is 2.12 bits per heavy atom. The lowest BCUT2D eigenvalue weighted by Crippen LogP contribution is -2.33. The Balaban J connectivity index is 2.13. The van der Waals surface area contributed by atoms with Crippen molar-refractivity contribution in [2.75, 3.05) is 32.9 Å². The molecule has 0 saturated carbocycles. The molecule has 1 aliphatic heterocycles. The van der Waals surface area contributed by atoms with Crippen LogP contribution in [0, 0.1) is 5.92 Å². The van der Waals surface area contributed by atoms with Crippen molar-refractivity contribution in [1.82, 2.24) is 9.21 Å². The number of likely N-dealkylation sites (tertiary alicyclic amines) is 1. The number of nitrogens with zero attached hydrogens (tertiary/aromatic N) is 2. The van der Waals surface area contributed by atoms with E-state index in [-0.39, 0.29) is 28.2 Å². The van der Waals surface area contributed by atoms with E-state index in [9.17, 15) is 21.6 Å². The first kappa shape index (κ1) is 18.9. The van der Waals surface area contributed by atoms with Crippen LogP contribution >= 0.6 is 0 Å². The highest BCUT2D eigenvalue weighted by atomic mass is 32.2. The van der Waals surface area contributed by atoms with Crippen molar-refractivity contribution >= 4 is 25.8 Å². The van der Waals surface area contributed by atoms with Gasteiger partial charge in [-0.3, -0.25) is 4.79 Å². The largest absolute Gasteiger partial charge is 0.343 e. The second-order valence-electron chi connectivity index (χ2n) is 6.03. The van der Waals surface area contributed by atoms with Gasteiger partial charge in [-0.05, 0) is 37.1 Å². The molecule has 0 bridgehead atoms. The number of rotatable bonds is 6. The third-order valence-electron chi connectivity index (χ3n) is 4.15. The molecule has 24 heavy (non-hydrogen) atoms. The molecule has 9 heteroatoms. The lowest BCUT2D eigenvalue weighted by molar-refractivity contribution is -0.127. The Kier molecular flexibility index (Phi) is 5.36. The second kappa shape index (κ2) is 6.81. The third kappa shape index (κ3) is 3.96. The van der Waals surface area contributed by atoms with Gasteiger partial charge in [-0.2, -0.15) is 0 Å². The fourth-order valence-electron chi connectivity index (χ4n) is 2.78. The van der Waals surface area contributed by atoms with Gasteiger partial charge in [0.15, 0.2) is 9.84 Å².